The summed E-state index contributed by atoms with van der Waals surface area (Å²) in [5.41, 5.74) is 6.69. The molecule has 1 fully saturated rings. The molecule has 1 aliphatic rings. The number of ether oxygens (including phenoxy) is 1. The number of piperazine rings is 1. The maximum Gasteiger partial charge on any atom is 0.252 e. The zero-order valence-corrected chi connectivity index (χ0v) is 12.8. The van der Waals surface area contributed by atoms with Crippen LogP contribution in [0.5, 0.6) is 5.88 Å². The van der Waals surface area contributed by atoms with E-state index in [-0.39, 0.29) is 0 Å². The third-order valence-electron chi connectivity index (χ3n) is 3.82. The summed E-state index contributed by atoms with van der Waals surface area (Å²) in [7, 11) is 1.57. The molecule has 1 saturated heterocycles. The van der Waals surface area contributed by atoms with Crippen molar-refractivity contribution in [2.45, 2.75) is 0 Å². The molecule has 120 valence electrons. The van der Waals surface area contributed by atoms with Gasteiger partial charge >= 0.3 is 0 Å². The fourth-order valence-corrected chi connectivity index (χ4v) is 2.62. The van der Waals surface area contributed by atoms with E-state index in [0.29, 0.717) is 11.4 Å². The van der Waals surface area contributed by atoms with E-state index < -0.39 is 5.91 Å². The van der Waals surface area contributed by atoms with Crippen molar-refractivity contribution in [3.05, 3.63) is 36.4 Å². The van der Waals surface area contributed by atoms with E-state index in [1.165, 1.54) is 6.20 Å². The minimum atomic E-state index is -0.464. The first-order valence-corrected chi connectivity index (χ1v) is 7.29. The van der Waals surface area contributed by atoms with E-state index in [1.807, 2.05) is 6.07 Å². The predicted molar refractivity (Wildman–Crippen MR) is 85.8 cm³/mol. The van der Waals surface area contributed by atoms with Gasteiger partial charge in [-0.3, -0.25) is 14.8 Å². The van der Waals surface area contributed by atoms with Gasteiger partial charge in [-0.25, -0.2) is 0 Å². The zero-order valence-electron chi connectivity index (χ0n) is 12.8. The van der Waals surface area contributed by atoms with Crippen LogP contribution in [0.1, 0.15) is 10.4 Å². The molecule has 1 aliphatic heterocycles. The fraction of sp³-hybridized carbons (Fsp3) is 0.333. The van der Waals surface area contributed by atoms with Crippen molar-refractivity contribution in [2.24, 2.45) is 5.73 Å². The molecule has 23 heavy (non-hydrogen) atoms. The third kappa shape index (κ3) is 3.15. The second kappa shape index (κ2) is 6.47. The molecule has 0 spiro atoms. The van der Waals surface area contributed by atoms with Gasteiger partial charge in [0.05, 0.1) is 30.8 Å². The number of pyridine rings is 1. The number of rotatable bonds is 4. The van der Waals surface area contributed by atoms with Crippen LogP contribution in [0.25, 0.3) is 0 Å². The van der Waals surface area contributed by atoms with Gasteiger partial charge in [0.15, 0.2) is 5.82 Å². The summed E-state index contributed by atoms with van der Waals surface area (Å²) in [6, 6.07) is 1.82. The molecule has 2 aromatic heterocycles. The molecule has 8 heteroatoms. The number of nitrogens with zero attached hydrogens (tertiary/aromatic N) is 5. The van der Waals surface area contributed by atoms with Gasteiger partial charge in [-0.15, -0.1) is 0 Å². The van der Waals surface area contributed by atoms with Gasteiger partial charge in [0.2, 0.25) is 5.88 Å². The minimum Gasteiger partial charge on any atom is -0.480 e. The van der Waals surface area contributed by atoms with Crippen molar-refractivity contribution >= 4 is 17.4 Å². The van der Waals surface area contributed by atoms with Crippen LogP contribution in [0.2, 0.25) is 0 Å². The van der Waals surface area contributed by atoms with Gasteiger partial charge in [0.1, 0.15) is 0 Å². The Morgan fingerprint density at radius 3 is 2.57 bits per heavy atom. The summed E-state index contributed by atoms with van der Waals surface area (Å²) in [6.07, 6.45) is 6.48. The smallest absolute Gasteiger partial charge is 0.252 e. The van der Waals surface area contributed by atoms with E-state index in [4.69, 9.17) is 10.5 Å². The lowest BCUT2D eigenvalue weighted by Crippen LogP contribution is -2.47. The quantitative estimate of drug-likeness (QED) is 0.867. The molecule has 0 saturated carbocycles. The van der Waals surface area contributed by atoms with Crippen LogP contribution in [0.4, 0.5) is 11.5 Å². The molecule has 3 rings (SSSR count). The van der Waals surface area contributed by atoms with Gasteiger partial charge < -0.3 is 20.3 Å². The second-order valence-corrected chi connectivity index (χ2v) is 5.15. The summed E-state index contributed by atoms with van der Waals surface area (Å²) < 4.78 is 5.11. The van der Waals surface area contributed by atoms with E-state index in [9.17, 15) is 4.79 Å². The van der Waals surface area contributed by atoms with Crippen molar-refractivity contribution in [2.75, 3.05) is 43.1 Å². The number of aromatic nitrogens is 3. The van der Waals surface area contributed by atoms with Crippen molar-refractivity contribution in [1.82, 2.24) is 15.0 Å². The van der Waals surface area contributed by atoms with Crippen molar-refractivity contribution < 1.29 is 9.53 Å². The van der Waals surface area contributed by atoms with E-state index in [0.717, 1.165) is 37.7 Å². The first kappa shape index (κ1) is 15.0. The molecule has 0 bridgehead atoms. The molecule has 3 heterocycles. The van der Waals surface area contributed by atoms with Crippen molar-refractivity contribution in [3.8, 4) is 5.88 Å². The highest BCUT2D eigenvalue weighted by Crippen LogP contribution is 2.22. The topological polar surface area (TPSA) is 97.5 Å². The van der Waals surface area contributed by atoms with E-state index in [2.05, 4.69) is 24.8 Å². The molecular weight excluding hydrogens is 296 g/mol. The molecule has 0 atom stereocenters. The van der Waals surface area contributed by atoms with Gasteiger partial charge in [-0.2, -0.15) is 4.98 Å². The largest absolute Gasteiger partial charge is 0.480 e. The van der Waals surface area contributed by atoms with Gasteiger partial charge in [0.25, 0.3) is 5.91 Å². The zero-order chi connectivity index (χ0) is 16.2. The van der Waals surface area contributed by atoms with Crippen LogP contribution >= 0.6 is 0 Å². The van der Waals surface area contributed by atoms with Crippen LogP contribution in [0, 0.1) is 0 Å². The second-order valence-electron chi connectivity index (χ2n) is 5.15. The molecule has 0 radical (unpaired) electrons. The number of hydrogen-bond acceptors (Lipinski definition) is 7. The lowest BCUT2D eigenvalue weighted by Gasteiger charge is -2.37. The van der Waals surface area contributed by atoms with Gasteiger partial charge in [0, 0.05) is 38.6 Å². The number of amides is 1. The van der Waals surface area contributed by atoms with Crippen molar-refractivity contribution in [3.63, 3.8) is 0 Å². The maximum atomic E-state index is 11.5. The molecule has 0 aliphatic carbocycles. The average molecular weight is 314 g/mol. The molecule has 0 aromatic carbocycles. The first-order chi connectivity index (χ1) is 11.2. The average Bonchev–Trinajstić information content (AvgIpc) is 2.62. The Labute approximate surface area is 133 Å². The lowest BCUT2D eigenvalue weighted by molar-refractivity contribution is 0.100. The van der Waals surface area contributed by atoms with E-state index >= 15 is 0 Å². The Morgan fingerprint density at radius 2 is 1.87 bits per heavy atom. The fourth-order valence-electron chi connectivity index (χ4n) is 2.62. The molecule has 2 aromatic rings. The summed E-state index contributed by atoms with van der Waals surface area (Å²) in [5.74, 6) is 0.818. The lowest BCUT2D eigenvalue weighted by atomic mass is 10.2. The number of anilines is 2. The SMILES string of the molecule is COc1cncc(N2CCN(c3ccncc3C(N)=O)CC2)n1. The van der Waals surface area contributed by atoms with Crippen LogP contribution in [0.15, 0.2) is 30.9 Å². The van der Waals surface area contributed by atoms with Crippen LogP contribution < -0.4 is 20.3 Å². The molecule has 8 nitrogen and oxygen atoms in total. The maximum absolute atomic E-state index is 11.5. The number of carbonyl (C=O) groups is 1. The molecule has 1 amide bonds. The Kier molecular flexibility index (Phi) is 4.22. The minimum absolute atomic E-state index is 0.446. The summed E-state index contributed by atoms with van der Waals surface area (Å²) >= 11 is 0. The molecule has 2 N–H and O–H groups in total. The molecule has 0 unspecified atom stereocenters. The summed E-state index contributed by atoms with van der Waals surface area (Å²) in [5, 5.41) is 0. The number of primary amides is 1. The van der Waals surface area contributed by atoms with E-state index in [1.54, 1.807) is 25.7 Å². The number of hydrogen-bond donors (Lipinski definition) is 1. The van der Waals surface area contributed by atoms with Gasteiger partial charge in [-0.1, -0.05) is 0 Å². The highest BCUT2D eigenvalue weighted by Gasteiger charge is 2.22. The first-order valence-electron chi connectivity index (χ1n) is 7.29. The normalized spacial score (nSPS) is 14.7. The number of methoxy groups -OCH3 is 1. The standard InChI is InChI=1S/C15H18N6O2/c1-23-14-10-18-9-13(19-14)21-6-4-20(5-7-21)12-2-3-17-8-11(12)15(16)22/h2-3,8-10H,4-7H2,1H3,(H2,16,22). The highest BCUT2D eigenvalue weighted by molar-refractivity contribution is 5.98. The Hall–Kier alpha value is -2.90. The predicted octanol–water partition coefficient (Wildman–Crippen LogP) is 0.306. The number of nitrogens with two attached hydrogens (primary N) is 1. The number of carbonyl (C=O) groups excluding carboxylic acids is 1. The van der Waals surface area contributed by atoms with Gasteiger partial charge in [-0.05, 0) is 6.07 Å². The Morgan fingerprint density at radius 1 is 1.13 bits per heavy atom. The molecular formula is C15H18N6O2. The Bertz CT molecular complexity index is 700. The highest BCUT2D eigenvalue weighted by atomic mass is 16.5. The summed E-state index contributed by atoms with van der Waals surface area (Å²) in [4.78, 5) is 28.3. The van der Waals surface area contributed by atoms with Crippen LogP contribution in [0.3, 0.4) is 0 Å². The van der Waals surface area contributed by atoms with Crippen LogP contribution in [-0.4, -0.2) is 54.1 Å². The summed E-state index contributed by atoms with van der Waals surface area (Å²) in [6.45, 7) is 3.04. The third-order valence-corrected chi connectivity index (χ3v) is 3.82. The monoisotopic (exact) mass is 314 g/mol. The Balaban J connectivity index is 1.72. The van der Waals surface area contributed by atoms with Crippen LogP contribution in [-0.2, 0) is 0 Å². The van der Waals surface area contributed by atoms with Crippen molar-refractivity contribution in [1.29, 1.82) is 0 Å².